The summed E-state index contributed by atoms with van der Waals surface area (Å²) in [7, 11) is 0. The Labute approximate surface area is 172 Å². The molecule has 0 aliphatic heterocycles. The van der Waals surface area contributed by atoms with Crippen LogP contribution in [0.25, 0.3) is 0 Å². The van der Waals surface area contributed by atoms with Crippen LogP contribution < -0.4 is 0 Å². The number of aliphatic hydroxyl groups is 2. The summed E-state index contributed by atoms with van der Waals surface area (Å²) in [6.45, 7) is 5.17. The summed E-state index contributed by atoms with van der Waals surface area (Å²) in [6, 6.07) is 0. The van der Waals surface area contributed by atoms with Crippen LogP contribution in [0, 0.1) is 40.4 Å². The van der Waals surface area contributed by atoms with E-state index in [-0.39, 0.29) is 12.2 Å². The molecule has 2 N–H and O–H groups in total. The van der Waals surface area contributed by atoms with E-state index in [0.29, 0.717) is 16.7 Å². The summed E-state index contributed by atoms with van der Waals surface area (Å²) in [4.78, 5) is 0. The molecule has 2 nitrogen and oxygen atoms in total. The van der Waals surface area contributed by atoms with Crippen LogP contribution in [0.3, 0.4) is 0 Å². The first kappa shape index (κ1) is 19.6. The molecule has 158 valence electrons. The molecule has 0 radical (unpaired) electrons. The van der Waals surface area contributed by atoms with E-state index >= 15 is 0 Å². The van der Waals surface area contributed by atoms with Crippen molar-refractivity contribution in [2.75, 3.05) is 0 Å². The SMILES string of the molecule is CC12CCC(O)CC1=CCC1C2CC[C@]2(C)C(CCCC(O)C3CC3)CCC12. The zero-order chi connectivity index (χ0) is 19.5. The van der Waals surface area contributed by atoms with E-state index < -0.39 is 0 Å². The Hall–Kier alpha value is -0.340. The average molecular weight is 387 g/mol. The fraction of sp³-hybridized carbons (Fsp3) is 0.923. The lowest BCUT2D eigenvalue weighted by molar-refractivity contribution is -0.0511. The van der Waals surface area contributed by atoms with Crippen molar-refractivity contribution in [3.05, 3.63) is 11.6 Å². The van der Waals surface area contributed by atoms with Gasteiger partial charge in [-0.25, -0.2) is 0 Å². The van der Waals surface area contributed by atoms with Crippen molar-refractivity contribution in [2.45, 2.75) is 110 Å². The van der Waals surface area contributed by atoms with Gasteiger partial charge in [0.15, 0.2) is 0 Å². The highest BCUT2D eigenvalue weighted by molar-refractivity contribution is 5.25. The quantitative estimate of drug-likeness (QED) is 0.580. The smallest absolute Gasteiger partial charge is 0.0577 e. The molecule has 8 atom stereocenters. The molecule has 4 fully saturated rings. The van der Waals surface area contributed by atoms with Crippen molar-refractivity contribution in [2.24, 2.45) is 40.4 Å². The largest absolute Gasteiger partial charge is 0.393 e. The summed E-state index contributed by atoms with van der Waals surface area (Å²) < 4.78 is 0. The van der Waals surface area contributed by atoms with Gasteiger partial charge in [0.25, 0.3) is 0 Å². The number of aliphatic hydroxyl groups excluding tert-OH is 2. The fourth-order valence-electron chi connectivity index (χ4n) is 8.51. The maximum atomic E-state index is 10.2. The standard InChI is InChI=1S/C26H42O2/c1-25-15-13-23-21(10-8-19-16-20(27)12-14-26(19,23)2)22(25)11-9-18(25)4-3-5-24(28)17-6-7-17/h8,17-18,20-24,27-28H,3-7,9-16H2,1-2H3/t18?,20?,21?,22?,23?,24?,25-,26?/m1/s1. The molecule has 28 heavy (non-hydrogen) atoms. The average Bonchev–Trinajstić information content (AvgIpc) is 3.46. The fourth-order valence-corrected chi connectivity index (χ4v) is 8.51. The molecular weight excluding hydrogens is 344 g/mol. The zero-order valence-corrected chi connectivity index (χ0v) is 18.2. The van der Waals surface area contributed by atoms with Crippen molar-refractivity contribution in [1.29, 1.82) is 0 Å². The van der Waals surface area contributed by atoms with Gasteiger partial charge >= 0.3 is 0 Å². The minimum absolute atomic E-state index is 0.00996. The van der Waals surface area contributed by atoms with Gasteiger partial charge in [-0.15, -0.1) is 0 Å². The van der Waals surface area contributed by atoms with Crippen LogP contribution in [0.15, 0.2) is 11.6 Å². The van der Waals surface area contributed by atoms with Crippen molar-refractivity contribution >= 4 is 0 Å². The molecule has 5 aliphatic rings. The second kappa shape index (κ2) is 7.12. The Morgan fingerprint density at radius 3 is 2.64 bits per heavy atom. The minimum atomic E-state index is -0.0911. The zero-order valence-electron chi connectivity index (χ0n) is 18.2. The molecule has 0 spiro atoms. The highest BCUT2D eigenvalue weighted by Crippen LogP contribution is 2.66. The van der Waals surface area contributed by atoms with E-state index in [2.05, 4.69) is 19.9 Å². The second-order valence-electron chi connectivity index (χ2n) is 11.8. The molecule has 0 aromatic carbocycles. The lowest BCUT2D eigenvalue weighted by Crippen LogP contribution is -2.50. The number of allylic oxidation sites excluding steroid dienone is 1. The molecular formula is C26H42O2. The van der Waals surface area contributed by atoms with E-state index in [9.17, 15) is 10.2 Å². The molecule has 0 aromatic heterocycles. The van der Waals surface area contributed by atoms with E-state index in [4.69, 9.17) is 0 Å². The van der Waals surface area contributed by atoms with Gasteiger partial charge in [0.1, 0.15) is 0 Å². The van der Waals surface area contributed by atoms with Gasteiger partial charge in [0, 0.05) is 0 Å². The van der Waals surface area contributed by atoms with Crippen LogP contribution in [0.4, 0.5) is 0 Å². The topological polar surface area (TPSA) is 40.5 Å². The maximum Gasteiger partial charge on any atom is 0.0577 e. The maximum absolute atomic E-state index is 10.2. The lowest BCUT2D eigenvalue weighted by atomic mass is 9.47. The molecule has 2 heteroatoms. The first-order chi connectivity index (χ1) is 13.4. The number of hydrogen-bond acceptors (Lipinski definition) is 2. The van der Waals surface area contributed by atoms with Gasteiger partial charge in [0.2, 0.25) is 0 Å². The number of fused-ring (bicyclic) bond motifs is 5. The highest BCUT2D eigenvalue weighted by atomic mass is 16.3. The Bertz CT molecular complexity index is 622. The van der Waals surface area contributed by atoms with Crippen molar-refractivity contribution in [3.8, 4) is 0 Å². The van der Waals surface area contributed by atoms with E-state index in [1.54, 1.807) is 5.57 Å². The van der Waals surface area contributed by atoms with Gasteiger partial charge in [-0.05, 0) is 117 Å². The molecule has 0 amide bonds. The van der Waals surface area contributed by atoms with Crippen LogP contribution in [0.1, 0.15) is 97.3 Å². The highest BCUT2D eigenvalue weighted by Gasteiger charge is 2.58. The summed E-state index contributed by atoms with van der Waals surface area (Å²) in [6.07, 6.45) is 18.7. The molecule has 5 aliphatic carbocycles. The molecule has 7 unspecified atom stereocenters. The van der Waals surface area contributed by atoms with Crippen LogP contribution in [-0.4, -0.2) is 22.4 Å². The molecule has 0 bridgehead atoms. The molecule has 5 rings (SSSR count). The van der Waals surface area contributed by atoms with Gasteiger partial charge in [-0.3, -0.25) is 0 Å². The van der Waals surface area contributed by atoms with Crippen molar-refractivity contribution in [3.63, 3.8) is 0 Å². The first-order valence-electron chi connectivity index (χ1n) is 12.5. The monoisotopic (exact) mass is 386 g/mol. The lowest BCUT2D eigenvalue weighted by Gasteiger charge is -2.58. The van der Waals surface area contributed by atoms with Crippen molar-refractivity contribution in [1.82, 2.24) is 0 Å². The Morgan fingerprint density at radius 2 is 1.86 bits per heavy atom. The van der Waals surface area contributed by atoms with Crippen LogP contribution in [-0.2, 0) is 0 Å². The predicted molar refractivity (Wildman–Crippen MR) is 114 cm³/mol. The minimum Gasteiger partial charge on any atom is -0.393 e. The van der Waals surface area contributed by atoms with Crippen LogP contribution in [0.5, 0.6) is 0 Å². The third kappa shape index (κ3) is 3.13. The molecule has 4 saturated carbocycles. The summed E-state index contributed by atoms with van der Waals surface area (Å²) >= 11 is 0. The van der Waals surface area contributed by atoms with Gasteiger partial charge in [-0.2, -0.15) is 0 Å². The Morgan fingerprint density at radius 1 is 1.04 bits per heavy atom. The van der Waals surface area contributed by atoms with Crippen molar-refractivity contribution < 1.29 is 10.2 Å². The number of hydrogen-bond donors (Lipinski definition) is 2. The molecule has 0 aromatic rings. The molecule has 0 saturated heterocycles. The Kier molecular flexibility index (Phi) is 4.99. The van der Waals surface area contributed by atoms with E-state index in [1.807, 2.05) is 0 Å². The normalized spacial score (nSPS) is 49.0. The van der Waals surface area contributed by atoms with E-state index in [0.717, 1.165) is 42.9 Å². The summed E-state index contributed by atoms with van der Waals surface area (Å²) in [5, 5.41) is 20.4. The summed E-state index contributed by atoms with van der Waals surface area (Å²) in [5.74, 6) is 4.17. The predicted octanol–water partition coefficient (Wildman–Crippen LogP) is 5.87. The first-order valence-corrected chi connectivity index (χ1v) is 12.5. The Balaban J connectivity index is 1.27. The van der Waals surface area contributed by atoms with Crippen LogP contribution >= 0.6 is 0 Å². The summed E-state index contributed by atoms with van der Waals surface area (Å²) in [5.41, 5.74) is 2.51. The van der Waals surface area contributed by atoms with Gasteiger partial charge < -0.3 is 10.2 Å². The van der Waals surface area contributed by atoms with Crippen LogP contribution in [0.2, 0.25) is 0 Å². The third-order valence-electron chi connectivity index (χ3n) is 10.5. The van der Waals surface area contributed by atoms with Gasteiger partial charge in [-0.1, -0.05) is 31.9 Å². The second-order valence-corrected chi connectivity index (χ2v) is 11.8. The molecule has 0 heterocycles. The van der Waals surface area contributed by atoms with Gasteiger partial charge in [0.05, 0.1) is 12.2 Å². The third-order valence-corrected chi connectivity index (χ3v) is 10.5. The number of rotatable bonds is 5. The van der Waals surface area contributed by atoms with E-state index in [1.165, 1.54) is 64.2 Å².